The molecule has 2 rings (SSSR count). The molecule has 0 aliphatic carbocycles. The molecule has 1 heterocycles. The van der Waals surface area contributed by atoms with Gasteiger partial charge in [-0.1, -0.05) is 22.5 Å². The highest BCUT2D eigenvalue weighted by molar-refractivity contribution is 5.75. The van der Waals surface area contributed by atoms with Gasteiger partial charge in [0.2, 0.25) is 0 Å². The van der Waals surface area contributed by atoms with Gasteiger partial charge in [-0.3, -0.25) is 0 Å². The topological polar surface area (TPSA) is 66.1 Å². The molecule has 0 bridgehead atoms. The van der Waals surface area contributed by atoms with Gasteiger partial charge in [-0.25, -0.2) is 0 Å². The van der Waals surface area contributed by atoms with E-state index < -0.39 is 0 Å². The molecule has 0 spiro atoms. The summed E-state index contributed by atoms with van der Waals surface area (Å²) in [4.78, 5) is 4.60. The maximum Gasteiger partial charge on any atom is 0.181 e. The lowest BCUT2D eigenvalue weighted by Crippen LogP contribution is -2.01. The SMILES string of the molecule is C/C=C/COc1cc(C)c(OCc2cc(/C=N/OC)on2)c(C)c1. The van der Waals surface area contributed by atoms with Crippen molar-refractivity contribution in [3.05, 3.63) is 52.9 Å². The standard InChI is InChI=1S/C18H22N2O4/c1-5-6-7-22-16-8-13(2)18(14(3)9-16)23-12-15-10-17(24-20-15)11-19-21-4/h5-6,8-11H,7,12H2,1-4H3/b6-5+,19-11+. The fraction of sp³-hybridized carbons (Fsp3) is 0.333. The van der Waals surface area contributed by atoms with Gasteiger partial charge >= 0.3 is 0 Å². The largest absolute Gasteiger partial charge is 0.490 e. The Morgan fingerprint density at radius 2 is 1.92 bits per heavy atom. The van der Waals surface area contributed by atoms with Crippen LogP contribution >= 0.6 is 0 Å². The van der Waals surface area contributed by atoms with E-state index in [1.807, 2.05) is 45.1 Å². The number of aryl methyl sites for hydroxylation is 2. The molecule has 1 aromatic heterocycles. The molecule has 2 aromatic rings. The van der Waals surface area contributed by atoms with E-state index in [9.17, 15) is 0 Å². The number of ether oxygens (including phenoxy) is 2. The van der Waals surface area contributed by atoms with Gasteiger partial charge in [0.25, 0.3) is 0 Å². The molecular formula is C18H22N2O4. The Bertz CT molecular complexity index is 697. The predicted molar refractivity (Wildman–Crippen MR) is 91.7 cm³/mol. The van der Waals surface area contributed by atoms with Gasteiger partial charge in [-0.15, -0.1) is 0 Å². The number of hydrogen-bond acceptors (Lipinski definition) is 6. The van der Waals surface area contributed by atoms with Crippen LogP contribution in [0.3, 0.4) is 0 Å². The smallest absolute Gasteiger partial charge is 0.181 e. The van der Waals surface area contributed by atoms with Crippen molar-refractivity contribution in [3.63, 3.8) is 0 Å². The van der Waals surface area contributed by atoms with E-state index >= 15 is 0 Å². The highest BCUT2D eigenvalue weighted by atomic mass is 16.6. The van der Waals surface area contributed by atoms with Crippen LogP contribution in [-0.4, -0.2) is 25.1 Å². The minimum Gasteiger partial charge on any atom is -0.490 e. The molecule has 6 nitrogen and oxygen atoms in total. The lowest BCUT2D eigenvalue weighted by atomic mass is 10.1. The van der Waals surface area contributed by atoms with Gasteiger partial charge in [0, 0.05) is 6.07 Å². The van der Waals surface area contributed by atoms with Crippen molar-refractivity contribution in [2.45, 2.75) is 27.4 Å². The third-order valence-electron chi connectivity index (χ3n) is 3.24. The summed E-state index contributed by atoms with van der Waals surface area (Å²) in [6.07, 6.45) is 5.37. The van der Waals surface area contributed by atoms with Crippen molar-refractivity contribution in [2.24, 2.45) is 5.16 Å². The van der Waals surface area contributed by atoms with Gasteiger partial charge in [-0.05, 0) is 44.0 Å². The highest BCUT2D eigenvalue weighted by Gasteiger charge is 2.09. The lowest BCUT2D eigenvalue weighted by Gasteiger charge is -2.13. The highest BCUT2D eigenvalue weighted by Crippen LogP contribution is 2.29. The van der Waals surface area contributed by atoms with Crippen molar-refractivity contribution in [1.82, 2.24) is 5.16 Å². The van der Waals surface area contributed by atoms with Crippen LogP contribution in [0.2, 0.25) is 0 Å². The van der Waals surface area contributed by atoms with Crippen LogP contribution in [0.25, 0.3) is 0 Å². The zero-order chi connectivity index (χ0) is 17.4. The molecule has 6 heteroatoms. The Labute approximate surface area is 141 Å². The quantitative estimate of drug-likeness (QED) is 0.418. The average molecular weight is 330 g/mol. The molecule has 1 aromatic carbocycles. The second-order valence-electron chi connectivity index (χ2n) is 5.19. The molecule has 0 fully saturated rings. The van der Waals surface area contributed by atoms with Crippen LogP contribution in [0.5, 0.6) is 11.5 Å². The second-order valence-corrected chi connectivity index (χ2v) is 5.19. The first-order valence-electron chi connectivity index (χ1n) is 7.64. The number of benzene rings is 1. The molecular weight excluding hydrogens is 308 g/mol. The number of nitrogens with zero attached hydrogens (tertiary/aromatic N) is 2. The third-order valence-corrected chi connectivity index (χ3v) is 3.24. The maximum absolute atomic E-state index is 5.88. The minimum atomic E-state index is 0.310. The molecule has 0 aliphatic rings. The van der Waals surface area contributed by atoms with Crippen LogP contribution in [0.15, 0.2) is 40.0 Å². The van der Waals surface area contributed by atoms with Crippen molar-refractivity contribution in [2.75, 3.05) is 13.7 Å². The van der Waals surface area contributed by atoms with E-state index in [0.29, 0.717) is 24.7 Å². The van der Waals surface area contributed by atoms with E-state index in [-0.39, 0.29) is 0 Å². The third kappa shape index (κ3) is 4.87. The monoisotopic (exact) mass is 330 g/mol. The molecule has 0 atom stereocenters. The van der Waals surface area contributed by atoms with E-state index in [1.165, 1.54) is 13.3 Å². The maximum atomic E-state index is 5.88. The Morgan fingerprint density at radius 1 is 1.17 bits per heavy atom. The zero-order valence-electron chi connectivity index (χ0n) is 14.4. The molecule has 0 saturated carbocycles. The summed E-state index contributed by atoms with van der Waals surface area (Å²) < 4.78 is 16.7. The summed E-state index contributed by atoms with van der Waals surface area (Å²) in [6, 6.07) is 5.68. The van der Waals surface area contributed by atoms with Crippen molar-refractivity contribution in [1.29, 1.82) is 0 Å². The van der Waals surface area contributed by atoms with Gasteiger partial charge in [0.15, 0.2) is 5.76 Å². The predicted octanol–water partition coefficient (Wildman–Crippen LogP) is 3.81. The first kappa shape index (κ1) is 17.6. The first-order valence-corrected chi connectivity index (χ1v) is 7.64. The minimum absolute atomic E-state index is 0.310. The molecule has 0 amide bonds. The number of hydrogen-bond donors (Lipinski definition) is 0. The van der Waals surface area contributed by atoms with Crippen molar-refractivity contribution < 1.29 is 18.8 Å². The molecule has 0 saturated heterocycles. The number of aromatic nitrogens is 1. The summed E-state index contributed by atoms with van der Waals surface area (Å²) in [5.74, 6) is 2.16. The van der Waals surface area contributed by atoms with E-state index in [2.05, 4.69) is 15.1 Å². The van der Waals surface area contributed by atoms with Crippen LogP contribution in [-0.2, 0) is 11.4 Å². The number of allylic oxidation sites excluding steroid dienone is 1. The van der Waals surface area contributed by atoms with Crippen molar-refractivity contribution >= 4 is 6.21 Å². The van der Waals surface area contributed by atoms with Crippen molar-refractivity contribution in [3.8, 4) is 11.5 Å². The Hall–Kier alpha value is -2.76. The van der Waals surface area contributed by atoms with Gasteiger partial charge < -0.3 is 18.8 Å². The van der Waals surface area contributed by atoms with Gasteiger partial charge in [0.05, 0.1) is 0 Å². The molecule has 24 heavy (non-hydrogen) atoms. The fourth-order valence-corrected chi connectivity index (χ4v) is 2.17. The molecule has 128 valence electrons. The van der Waals surface area contributed by atoms with Gasteiger partial charge in [0.1, 0.15) is 43.7 Å². The van der Waals surface area contributed by atoms with E-state index in [1.54, 1.807) is 6.07 Å². The Kier molecular flexibility index (Phi) is 6.42. The van der Waals surface area contributed by atoms with Crippen LogP contribution < -0.4 is 9.47 Å². The molecule has 0 N–H and O–H groups in total. The van der Waals surface area contributed by atoms with E-state index in [0.717, 1.165) is 22.6 Å². The van der Waals surface area contributed by atoms with Crippen LogP contribution in [0, 0.1) is 13.8 Å². The number of rotatable bonds is 8. The summed E-state index contributed by atoms with van der Waals surface area (Å²) in [5, 5.41) is 7.56. The second kappa shape index (κ2) is 8.76. The van der Waals surface area contributed by atoms with Crippen LogP contribution in [0.4, 0.5) is 0 Å². The zero-order valence-corrected chi connectivity index (χ0v) is 14.4. The summed E-state index contributed by atoms with van der Waals surface area (Å²) >= 11 is 0. The molecule has 0 radical (unpaired) electrons. The van der Waals surface area contributed by atoms with Gasteiger partial charge in [-0.2, -0.15) is 0 Å². The first-order chi connectivity index (χ1) is 11.6. The lowest BCUT2D eigenvalue weighted by molar-refractivity contribution is 0.214. The summed E-state index contributed by atoms with van der Waals surface area (Å²) in [6.45, 7) is 6.81. The normalized spacial score (nSPS) is 11.3. The van der Waals surface area contributed by atoms with E-state index in [4.69, 9.17) is 14.0 Å². The molecule has 0 aliphatic heterocycles. The molecule has 0 unspecified atom stereocenters. The Morgan fingerprint density at radius 3 is 2.58 bits per heavy atom. The van der Waals surface area contributed by atoms with Crippen LogP contribution in [0.1, 0.15) is 29.5 Å². The average Bonchev–Trinajstić information content (AvgIpc) is 3.00. The Balaban J connectivity index is 2.01. The number of oxime groups is 1. The summed E-state index contributed by atoms with van der Waals surface area (Å²) in [5.41, 5.74) is 2.70. The summed E-state index contributed by atoms with van der Waals surface area (Å²) in [7, 11) is 1.47. The fourth-order valence-electron chi connectivity index (χ4n) is 2.17.